The monoisotopic (exact) mass is 253 g/mol. The summed E-state index contributed by atoms with van der Waals surface area (Å²) in [5.74, 6) is 1.05. The number of ether oxygens (including phenoxy) is 1. The molecule has 0 fully saturated rings. The van der Waals surface area contributed by atoms with Crippen molar-refractivity contribution in [2.45, 2.75) is 38.6 Å². The SMILES string of the molecule is CNC(CN1CCn2cnnc2C1)C(C)(C)OC. The molecule has 1 unspecified atom stereocenters. The first-order chi connectivity index (χ1) is 8.56. The highest BCUT2D eigenvalue weighted by molar-refractivity contribution is 4.93. The van der Waals surface area contributed by atoms with E-state index in [-0.39, 0.29) is 11.6 Å². The number of nitrogens with zero attached hydrogens (tertiary/aromatic N) is 4. The summed E-state index contributed by atoms with van der Waals surface area (Å²) in [6, 6.07) is 0.289. The standard InChI is InChI=1S/C12H23N5O/c1-12(2,18-4)10(13-3)7-16-5-6-17-9-14-15-11(17)8-16/h9-10,13H,5-8H2,1-4H3. The quantitative estimate of drug-likeness (QED) is 0.807. The van der Waals surface area contributed by atoms with Gasteiger partial charge in [-0.05, 0) is 20.9 Å². The molecular formula is C12H23N5O. The van der Waals surface area contributed by atoms with Gasteiger partial charge in [-0.2, -0.15) is 0 Å². The third-order valence-electron chi connectivity index (χ3n) is 3.87. The van der Waals surface area contributed by atoms with Gasteiger partial charge >= 0.3 is 0 Å². The largest absolute Gasteiger partial charge is 0.377 e. The number of aromatic nitrogens is 3. The predicted molar refractivity (Wildman–Crippen MR) is 69.2 cm³/mol. The van der Waals surface area contributed by atoms with Gasteiger partial charge in [-0.3, -0.25) is 4.90 Å². The van der Waals surface area contributed by atoms with Crippen LogP contribution in [0.1, 0.15) is 19.7 Å². The van der Waals surface area contributed by atoms with Crippen molar-refractivity contribution >= 4 is 0 Å². The van der Waals surface area contributed by atoms with Crippen LogP contribution in [0.5, 0.6) is 0 Å². The Morgan fingerprint density at radius 2 is 2.28 bits per heavy atom. The minimum atomic E-state index is -0.181. The Labute approximate surface area is 108 Å². The third-order valence-corrected chi connectivity index (χ3v) is 3.87. The van der Waals surface area contributed by atoms with Crippen LogP contribution in [0.25, 0.3) is 0 Å². The summed E-state index contributed by atoms with van der Waals surface area (Å²) in [6.45, 7) is 8.03. The number of rotatable bonds is 5. The average molecular weight is 253 g/mol. The second-order valence-electron chi connectivity index (χ2n) is 5.32. The molecule has 6 nitrogen and oxygen atoms in total. The van der Waals surface area contributed by atoms with Gasteiger partial charge < -0.3 is 14.6 Å². The highest BCUT2D eigenvalue weighted by Gasteiger charge is 2.30. The van der Waals surface area contributed by atoms with Crippen LogP contribution in [0.3, 0.4) is 0 Å². The maximum absolute atomic E-state index is 5.56. The number of methoxy groups -OCH3 is 1. The molecule has 0 amide bonds. The van der Waals surface area contributed by atoms with Crippen molar-refractivity contribution < 1.29 is 4.74 Å². The second kappa shape index (κ2) is 5.34. The fraction of sp³-hybridized carbons (Fsp3) is 0.833. The van der Waals surface area contributed by atoms with Gasteiger partial charge in [-0.25, -0.2) is 0 Å². The van der Waals surface area contributed by atoms with Crippen LogP contribution in [0.2, 0.25) is 0 Å². The molecule has 2 heterocycles. The lowest BCUT2D eigenvalue weighted by atomic mass is 9.98. The van der Waals surface area contributed by atoms with E-state index in [1.165, 1.54) is 0 Å². The molecule has 18 heavy (non-hydrogen) atoms. The first-order valence-corrected chi connectivity index (χ1v) is 6.38. The van der Waals surface area contributed by atoms with Crippen molar-refractivity contribution in [2.75, 3.05) is 27.2 Å². The van der Waals surface area contributed by atoms with E-state index in [2.05, 4.69) is 38.8 Å². The highest BCUT2D eigenvalue weighted by atomic mass is 16.5. The Kier molecular flexibility index (Phi) is 3.99. The molecule has 6 heteroatoms. The van der Waals surface area contributed by atoms with E-state index in [1.807, 2.05) is 7.05 Å². The fourth-order valence-electron chi connectivity index (χ4n) is 2.33. The maximum Gasteiger partial charge on any atom is 0.147 e. The Hall–Kier alpha value is -0.980. The van der Waals surface area contributed by atoms with Crippen LogP contribution in [-0.2, 0) is 17.8 Å². The van der Waals surface area contributed by atoms with E-state index < -0.39 is 0 Å². The van der Waals surface area contributed by atoms with Gasteiger partial charge in [0.25, 0.3) is 0 Å². The van der Waals surface area contributed by atoms with Crippen LogP contribution in [0, 0.1) is 0 Å². The van der Waals surface area contributed by atoms with Gasteiger partial charge in [0.2, 0.25) is 0 Å². The molecule has 1 aromatic heterocycles. The Balaban J connectivity index is 1.98. The van der Waals surface area contributed by atoms with Crippen molar-refractivity contribution in [3.05, 3.63) is 12.2 Å². The number of hydrogen-bond donors (Lipinski definition) is 1. The highest BCUT2D eigenvalue weighted by Crippen LogP contribution is 2.17. The van der Waals surface area contributed by atoms with Gasteiger partial charge in [-0.1, -0.05) is 0 Å². The zero-order valence-electron chi connectivity index (χ0n) is 11.7. The van der Waals surface area contributed by atoms with Gasteiger partial charge in [0, 0.05) is 32.8 Å². The number of nitrogens with one attached hydrogen (secondary N) is 1. The lowest BCUT2D eigenvalue weighted by Crippen LogP contribution is -2.54. The summed E-state index contributed by atoms with van der Waals surface area (Å²) in [4.78, 5) is 2.39. The second-order valence-corrected chi connectivity index (χ2v) is 5.32. The molecule has 0 spiro atoms. The van der Waals surface area contributed by atoms with Crippen molar-refractivity contribution in [3.8, 4) is 0 Å². The lowest BCUT2D eigenvalue weighted by Gasteiger charge is -2.37. The molecule has 1 aromatic rings. The molecule has 1 N–H and O–H groups in total. The molecule has 102 valence electrons. The molecule has 0 saturated heterocycles. The summed E-state index contributed by atoms with van der Waals surface area (Å²) in [6.07, 6.45) is 1.81. The van der Waals surface area contributed by atoms with E-state index in [0.717, 1.165) is 32.0 Å². The summed E-state index contributed by atoms with van der Waals surface area (Å²) in [5.41, 5.74) is -0.181. The number of likely N-dealkylation sites (N-methyl/N-ethyl adjacent to an activating group) is 1. The van der Waals surface area contributed by atoms with Crippen molar-refractivity contribution in [1.82, 2.24) is 25.0 Å². The van der Waals surface area contributed by atoms with Crippen LogP contribution in [-0.4, -0.2) is 58.6 Å². The van der Waals surface area contributed by atoms with Crippen LogP contribution < -0.4 is 5.32 Å². The molecular weight excluding hydrogens is 230 g/mol. The van der Waals surface area contributed by atoms with Gasteiger partial charge in [-0.15, -0.1) is 10.2 Å². The first-order valence-electron chi connectivity index (χ1n) is 6.38. The van der Waals surface area contributed by atoms with Crippen LogP contribution >= 0.6 is 0 Å². The van der Waals surface area contributed by atoms with Gasteiger partial charge in [0.15, 0.2) is 0 Å². The number of hydrogen-bond acceptors (Lipinski definition) is 5. The Morgan fingerprint density at radius 1 is 1.50 bits per heavy atom. The molecule has 1 atom stereocenters. The molecule has 2 rings (SSSR count). The zero-order chi connectivity index (χ0) is 13.2. The van der Waals surface area contributed by atoms with Crippen molar-refractivity contribution in [3.63, 3.8) is 0 Å². The van der Waals surface area contributed by atoms with Crippen molar-refractivity contribution in [1.29, 1.82) is 0 Å². The van der Waals surface area contributed by atoms with Crippen LogP contribution in [0.4, 0.5) is 0 Å². The topological polar surface area (TPSA) is 55.2 Å². The first kappa shape index (κ1) is 13.5. The summed E-state index contributed by atoms with van der Waals surface area (Å²) >= 11 is 0. The Morgan fingerprint density at radius 3 is 2.94 bits per heavy atom. The van der Waals surface area contributed by atoms with E-state index in [4.69, 9.17) is 4.74 Å². The zero-order valence-corrected chi connectivity index (χ0v) is 11.7. The maximum atomic E-state index is 5.56. The van der Waals surface area contributed by atoms with E-state index in [9.17, 15) is 0 Å². The predicted octanol–water partition coefficient (Wildman–Crippen LogP) is 0.107. The summed E-state index contributed by atoms with van der Waals surface area (Å²) in [7, 11) is 3.75. The third kappa shape index (κ3) is 2.71. The van der Waals surface area contributed by atoms with Crippen molar-refractivity contribution in [2.24, 2.45) is 0 Å². The molecule has 0 saturated carbocycles. The summed E-state index contributed by atoms with van der Waals surface area (Å²) in [5, 5.41) is 11.4. The molecule has 1 aliphatic heterocycles. The number of fused-ring (bicyclic) bond motifs is 1. The molecule has 0 aromatic carbocycles. The van der Waals surface area contributed by atoms with E-state index >= 15 is 0 Å². The average Bonchev–Trinajstić information content (AvgIpc) is 2.83. The van der Waals surface area contributed by atoms with Gasteiger partial charge in [0.05, 0.1) is 12.1 Å². The molecule has 1 aliphatic rings. The smallest absolute Gasteiger partial charge is 0.147 e. The normalized spacial score (nSPS) is 18.7. The lowest BCUT2D eigenvalue weighted by molar-refractivity contribution is -0.0200. The molecule has 0 bridgehead atoms. The minimum Gasteiger partial charge on any atom is -0.377 e. The van der Waals surface area contributed by atoms with E-state index in [1.54, 1.807) is 13.4 Å². The Bertz CT molecular complexity index is 390. The molecule has 0 aliphatic carbocycles. The van der Waals surface area contributed by atoms with Gasteiger partial charge in [0.1, 0.15) is 12.2 Å². The van der Waals surface area contributed by atoms with Crippen LogP contribution in [0.15, 0.2) is 6.33 Å². The molecule has 0 radical (unpaired) electrons. The fourth-order valence-corrected chi connectivity index (χ4v) is 2.33. The summed E-state index contributed by atoms with van der Waals surface area (Å²) < 4.78 is 7.68. The minimum absolute atomic E-state index is 0.181. The van der Waals surface area contributed by atoms with E-state index in [0.29, 0.717) is 0 Å².